The number of fused-ring (bicyclic) bond motifs is 2. The van der Waals surface area contributed by atoms with Crippen molar-refractivity contribution in [3.63, 3.8) is 0 Å². The van der Waals surface area contributed by atoms with Crippen LogP contribution in [0.1, 0.15) is 21.5 Å². The fraction of sp³-hybridized carbons (Fsp3) is 0.161. The summed E-state index contributed by atoms with van der Waals surface area (Å²) < 4.78 is 0. The van der Waals surface area contributed by atoms with E-state index >= 15 is 0 Å². The number of nitrogens with one attached hydrogen (secondary N) is 3. The fourth-order valence-corrected chi connectivity index (χ4v) is 4.77. The van der Waals surface area contributed by atoms with Crippen molar-refractivity contribution in [1.29, 1.82) is 0 Å². The Labute approximate surface area is 229 Å². The molecule has 1 amide bonds. The molecule has 5 aromatic rings. The van der Waals surface area contributed by atoms with Crippen LogP contribution in [0.4, 0.5) is 0 Å². The Morgan fingerprint density at radius 1 is 0.800 bits per heavy atom. The Kier molecular flexibility index (Phi) is 7.56. The largest absolute Gasteiger partial charge is 0.507 e. The normalized spacial score (nSPS) is 12.0. The Balaban J connectivity index is 1.33. The zero-order valence-corrected chi connectivity index (χ0v) is 21.5. The third-order valence-electron chi connectivity index (χ3n) is 6.94. The highest BCUT2D eigenvalue weighted by Crippen LogP contribution is 2.31. The number of amides is 1. The van der Waals surface area contributed by atoms with Gasteiger partial charge in [-0.1, -0.05) is 36.4 Å². The van der Waals surface area contributed by atoms with E-state index in [4.69, 9.17) is 0 Å². The van der Waals surface area contributed by atoms with Crippen LogP contribution in [0.5, 0.6) is 23.0 Å². The van der Waals surface area contributed by atoms with E-state index in [1.54, 1.807) is 18.2 Å². The lowest BCUT2D eigenvalue weighted by Crippen LogP contribution is -2.46. The molecule has 1 heterocycles. The number of carbonyl (C=O) groups is 2. The number of carbonyl (C=O) groups excluding carboxylic acids is 2. The predicted octanol–water partition coefficient (Wildman–Crippen LogP) is 3.89. The van der Waals surface area contributed by atoms with Crippen LogP contribution in [-0.2, 0) is 17.6 Å². The van der Waals surface area contributed by atoms with E-state index < -0.39 is 11.9 Å². The molecule has 0 aliphatic rings. The van der Waals surface area contributed by atoms with Gasteiger partial charge in [0.1, 0.15) is 11.5 Å². The molecule has 9 heteroatoms. The van der Waals surface area contributed by atoms with E-state index in [0.29, 0.717) is 23.7 Å². The summed E-state index contributed by atoms with van der Waals surface area (Å²) in [7, 11) is 0. The van der Waals surface area contributed by atoms with Gasteiger partial charge < -0.3 is 36.0 Å². The Hall–Kier alpha value is -5.02. The Morgan fingerprint density at radius 3 is 2.45 bits per heavy atom. The van der Waals surface area contributed by atoms with Crippen LogP contribution in [0, 0.1) is 0 Å². The van der Waals surface area contributed by atoms with Crippen LogP contribution in [0.25, 0.3) is 21.7 Å². The van der Waals surface area contributed by atoms with Crippen LogP contribution in [-0.4, -0.2) is 56.2 Å². The molecule has 0 spiro atoms. The molecule has 0 fully saturated rings. The minimum Gasteiger partial charge on any atom is -0.507 e. The van der Waals surface area contributed by atoms with Gasteiger partial charge in [-0.25, -0.2) is 0 Å². The van der Waals surface area contributed by atoms with Crippen molar-refractivity contribution in [3.8, 4) is 23.0 Å². The van der Waals surface area contributed by atoms with Gasteiger partial charge in [-0.3, -0.25) is 9.59 Å². The number of aromatic nitrogens is 1. The molecule has 0 saturated carbocycles. The van der Waals surface area contributed by atoms with Gasteiger partial charge in [-0.2, -0.15) is 0 Å². The third-order valence-corrected chi connectivity index (χ3v) is 6.94. The smallest absolute Gasteiger partial charge is 0.255 e. The number of phenolic OH excluding ortho intramolecular Hbond substituents is 4. The van der Waals surface area contributed by atoms with Gasteiger partial charge >= 0.3 is 0 Å². The fourth-order valence-electron chi connectivity index (χ4n) is 4.77. The second kappa shape index (κ2) is 11.4. The van der Waals surface area contributed by atoms with Crippen LogP contribution in [0.2, 0.25) is 0 Å². The molecule has 1 aromatic heterocycles. The van der Waals surface area contributed by atoms with Gasteiger partial charge in [0.2, 0.25) is 0 Å². The predicted molar refractivity (Wildman–Crippen MR) is 152 cm³/mol. The number of benzene rings is 4. The molecule has 0 aliphatic heterocycles. The molecule has 0 aliphatic carbocycles. The summed E-state index contributed by atoms with van der Waals surface area (Å²) in [6.07, 6.45) is 2.56. The summed E-state index contributed by atoms with van der Waals surface area (Å²) in [4.78, 5) is 29.9. The van der Waals surface area contributed by atoms with Gasteiger partial charge in [-0.15, -0.1) is 0 Å². The molecule has 7 N–H and O–H groups in total. The summed E-state index contributed by atoms with van der Waals surface area (Å²) in [5.41, 5.74) is 2.56. The van der Waals surface area contributed by atoms with Crippen molar-refractivity contribution in [2.75, 3.05) is 13.1 Å². The number of phenols is 4. The lowest BCUT2D eigenvalue weighted by atomic mass is 10.00. The van der Waals surface area contributed by atoms with Crippen LogP contribution in [0.3, 0.4) is 0 Å². The van der Waals surface area contributed by atoms with Crippen molar-refractivity contribution in [2.24, 2.45) is 0 Å². The maximum absolute atomic E-state index is 13.4. The van der Waals surface area contributed by atoms with Crippen molar-refractivity contribution >= 4 is 33.4 Å². The second-order valence-corrected chi connectivity index (χ2v) is 9.67. The van der Waals surface area contributed by atoms with E-state index in [9.17, 15) is 30.0 Å². The summed E-state index contributed by atoms with van der Waals surface area (Å²) >= 11 is 0. The molecule has 0 saturated heterocycles. The molecular formula is C31H29N3O6. The highest BCUT2D eigenvalue weighted by Gasteiger charge is 2.24. The van der Waals surface area contributed by atoms with Crippen molar-refractivity contribution < 1.29 is 30.0 Å². The molecule has 0 bridgehead atoms. The molecule has 5 rings (SSSR count). The van der Waals surface area contributed by atoms with Crippen molar-refractivity contribution in [2.45, 2.75) is 18.9 Å². The number of rotatable bonds is 10. The number of aromatic amines is 1. The number of para-hydroxylation sites is 1. The first kappa shape index (κ1) is 26.6. The molecule has 0 unspecified atom stereocenters. The number of aromatic hydroxyl groups is 4. The molecule has 40 heavy (non-hydrogen) atoms. The SMILES string of the molecule is O=C(N[C@@H](Cc1c[nH]c2ccccc12)C(=O)CNCCc1ccc(O)c(O)c1)c1cc2cccc(O)c2cc1O. The summed E-state index contributed by atoms with van der Waals surface area (Å²) in [5, 5.41) is 47.6. The van der Waals surface area contributed by atoms with Crippen molar-refractivity contribution in [1.82, 2.24) is 15.6 Å². The van der Waals surface area contributed by atoms with Crippen LogP contribution in [0.15, 0.2) is 79.0 Å². The highest BCUT2D eigenvalue weighted by molar-refractivity contribution is 6.04. The molecular weight excluding hydrogens is 510 g/mol. The van der Waals surface area contributed by atoms with Gasteiger partial charge in [0, 0.05) is 28.9 Å². The van der Waals surface area contributed by atoms with Crippen LogP contribution >= 0.6 is 0 Å². The maximum Gasteiger partial charge on any atom is 0.255 e. The first-order valence-corrected chi connectivity index (χ1v) is 12.8. The van der Waals surface area contributed by atoms with Crippen molar-refractivity contribution in [3.05, 3.63) is 95.7 Å². The molecule has 204 valence electrons. The molecule has 9 nitrogen and oxygen atoms in total. The van der Waals surface area contributed by atoms with Crippen LogP contribution < -0.4 is 10.6 Å². The highest BCUT2D eigenvalue weighted by atomic mass is 16.3. The van der Waals surface area contributed by atoms with Gasteiger partial charge in [0.25, 0.3) is 5.91 Å². The summed E-state index contributed by atoms with van der Waals surface area (Å²) in [5.74, 6) is -1.58. The van der Waals surface area contributed by atoms with Gasteiger partial charge in [0.05, 0.1) is 18.2 Å². The number of ketones is 1. The topological polar surface area (TPSA) is 155 Å². The maximum atomic E-state index is 13.4. The summed E-state index contributed by atoms with van der Waals surface area (Å²) in [6.45, 7) is 0.410. The third kappa shape index (κ3) is 5.69. The second-order valence-electron chi connectivity index (χ2n) is 9.67. The first-order valence-electron chi connectivity index (χ1n) is 12.8. The van der Waals surface area contributed by atoms with E-state index in [1.807, 2.05) is 30.5 Å². The van der Waals surface area contributed by atoms with Gasteiger partial charge in [-0.05, 0) is 65.9 Å². The number of hydrogen-bond donors (Lipinski definition) is 7. The Morgan fingerprint density at radius 2 is 1.62 bits per heavy atom. The molecule has 1 atom stereocenters. The Bertz CT molecular complexity index is 1710. The monoisotopic (exact) mass is 539 g/mol. The van der Waals surface area contributed by atoms with E-state index in [0.717, 1.165) is 22.0 Å². The van der Waals surface area contributed by atoms with E-state index in [-0.39, 0.29) is 47.3 Å². The standard InChI is InChI=1S/C31H29N3O6/c35-26-7-3-4-19-13-23(28(37)15-22(19)26)31(40)34-25(14-20-16-33-24-6-2-1-5-21(20)24)30(39)17-32-11-10-18-8-9-27(36)29(38)12-18/h1-9,12-13,15-16,25,32-33,35-38H,10-11,14,17H2,(H,34,40)/t25-/m0/s1. The summed E-state index contributed by atoms with van der Waals surface area (Å²) in [6, 6.07) is 19.0. The number of hydrogen-bond acceptors (Lipinski definition) is 7. The number of Topliss-reactive ketones (excluding diaryl/α,β-unsaturated/α-hetero) is 1. The average molecular weight is 540 g/mol. The quantitative estimate of drug-likeness (QED) is 0.105. The average Bonchev–Trinajstić information content (AvgIpc) is 3.35. The lowest BCUT2D eigenvalue weighted by molar-refractivity contribution is -0.120. The minimum absolute atomic E-state index is 0.00470. The zero-order valence-electron chi connectivity index (χ0n) is 21.5. The molecule has 4 aromatic carbocycles. The molecule has 0 radical (unpaired) electrons. The van der Waals surface area contributed by atoms with E-state index in [1.165, 1.54) is 30.3 Å². The minimum atomic E-state index is -0.892. The lowest BCUT2D eigenvalue weighted by Gasteiger charge is -2.19. The van der Waals surface area contributed by atoms with Gasteiger partial charge in [0.15, 0.2) is 17.3 Å². The zero-order chi connectivity index (χ0) is 28.2. The van der Waals surface area contributed by atoms with E-state index in [2.05, 4.69) is 15.6 Å². The number of H-pyrrole nitrogens is 1. The first-order chi connectivity index (χ1) is 19.3.